The van der Waals surface area contributed by atoms with Crippen molar-refractivity contribution in [1.82, 2.24) is 15.5 Å². The fourth-order valence-electron chi connectivity index (χ4n) is 2.99. The minimum atomic E-state index is 0.0357. The second-order valence-corrected chi connectivity index (χ2v) is 5.77. The van der Waals surface area contributed by atoms with E-state index >= 15 is 0 Å². The molecule has 18 heavy (non-hydrogen) atoms. The van der Waals surface area contributed by atoms with Gasteiger partial charge in [0.2, 0.25) is 5.91 Å². The molecule has 0 aromatic carbocycles. The highest BCUT2D eigenvalue weighted by molar-refractivity contribution is 5.82. The summed E-state index contributed by atoms with van der Waals surface area (Å²) in [4.78, 5) is 14.6. The van der Waals surface area contributed by atoms with Gasteiger partial charge in [-0.15, -0.1) is 0 Å². The van der Waals surface area contributed by atoms with Crippen molar-refractivity contribution in [2.24, 2.45) is 0 Å². The predicted octanol–water partition coefficient (Wildman–Crippen LogP) is 1.12. The molecule has 0 aromatic heterocycles. The van der Waals surface area contributed by atoms with Gasteiger partial charge in [0, 0.05) is 12.6 Å². The summed E-state index contributed by atoms with van der Waals surface area (Å²) in [5.74, 6) is 0.198. The van der Waals surface area contributed by atoms with Crippen LogP contribution in [-0.4, -0.2) is 49.1 Å². The average molecular weight is 253 g/mol. The first kappa shape index (κ1) is 13.8. The Balaban J connectivity index is 1.71. The molecule has 0 aliphatic carbocycles. The first-order valence-corrected chi connectivity index (χ1v) is 7.52. The number of amides is 1. The summed E-state index contributed by atoms with van der Waals surface area (Å²) in [7, 11) is 0. The number of nitrogens with one attached hydrogen (secondary N) is 2. The van der Waals surface area contributed by atoms with E-state index in [1.165, 1.54) is 45.2 Å². The average Bonchev–Trinajstić information content (AvgIpc) is 2.68. The van der Waals surface area contributed by atoms with Crippen molar-refractivity contribution < 1.29 is 4.79 Å². The Morgan fingerprint density at radius 3 is 2.83 bits per heavy atom. The zero-order valence-electron chi connectivity index (χ0n) is 11.6. The molecule has 4 nitrogen and oxygen atoms in total. The molecule has 0 aromatic rings. The lowest BCUT2D eigenvalue weighted by atomic mass is 10.1. The molecule has 2 rings (SSSR count). The largest absolute Gasteiger partial charge is 0.351 e. The molecule has 0 spiro atoms. The van der Waals surface area contributed by atoms with Crippen LogP contribution in [0, 0.1) is 0 Å². The Morgan fingerprint density at radius 1 is 1.28 bits per heavy atom. The highest BCUT2D eigenvalue weighted by atomic mass is 16.2. The van der Waals surface area contributed by atoms with Crippen molar-refractivity contribution in [3.05, 3.63) is 0 Å². The van der Waals surface area contributed by atoms with Gasteiger partial charge in [-0.3, -0.25) is 4.79 Å². The van der Waals surface area contributed by atoms with E-state index in [-0.39, 0.29) is 18.0 Å². The van der Waals surface area contributed by atoms with Crippen LogP contribution >= 0.6 is 0 Å². The van der Waals surface area contributed by atoms with E-state index in [1.54, 1.807) is 0 Å². The van der Waals surface area contributed by atoms with Crippen LogP contribution in [0.2, 0.25) is 0 Å². The summed E-state index contributed by atoms with van der Waals surface area (Å²) in [5.41, 5.74) is 0. The van der Waals surface area contributed by atoms with Crippen LogP contribution in [0.4, 0.5) is 0 Å². The normalized spacial score (nSPS) is 27.7. The second kappa shape index (κ2) is 7.10. The monoisotopic (exact) mass is 253 g/mol. The Morgan fingerprint density at radius 2 is 2.06 bits per heavy atom. The molecule has 2 atom stereocenters. The van der Waals surface area contributed by atoms with Crippen molar-refractivity contribution in [3.63, 3.8) is 0 Å². The van der Waals surface area contributed by atoms with Crippen molar-refractivity contribution in [3.8, 4) is 0 Å². The molecule has 2 N–H and O–H groups in total. The molecule has 2 unspecified atom stereocenters. The van der Waals surface area contributed by atoms with Gasteiger partial charge in [-0.05, 0) is 52.2 Å². The van der Waals surface area contributed by atoms with Gasteiger partial charge in [0.15, 0.2) is 0 Å². The van der Waals surface area contributed by atoms with Gasteiger partial charge >= 0.3 is 0 Å². The molecule has 1 amide bonds. The number of nitrogens with zero attached hydrogens (tertiary/aromatic N) is 1. The van der Waals surface area contributed by atoms with E-state index in [0.29, 0.717) is 0 Å². The Kier molecular flexibility index (Phi) is 5.45. The van der Waals surface area contributed by atoms with Crippen LogP contribution in [0.25, 0.3) is 0 Å². The summed E-state index contributed by atoms with van der Waals surface area (Å²) < 4.78 is 0. The quantitative estimate of drug-likeness (QED) is 0.789. The molecule has 2 saturated heterocycles. The lowest BCUT2D eigenvalue weighted by molar-refractivity contribution is -0.123. The highest BCUT2D eigenvalue weighted by Crippen LogP contribution is 2.10. The molecule has 4 heteroatoms. The molecule has 2 aliphatic heterocycles. The van der Waals surface area contributed by atoms with Gasteiger partial charge in [-0.2, -0.15) is 0 Å². The number of likely N-dealkylation sites (tertiary alicyclic amines) is 1. The number of carbonyl (C=O) groups is 1. The van der Waals surface area contributed by atoms with Crippen LogP contribution in [0.15, 0.2) is 0 Å². The van der Waals surface area contributed by atoms with Crippen molar-refractivity contribution in [2.75, 3.05) is 26.2 Å². The van der Waals surface area contributed by atoms with Gasteiger partial charge in [0.25, 0.3) is 0 Å². The smallest absolute Gasteiger partial charge is 0.237 e. The summed E-state index contributed by atoms with van der Waals surface area (Å²) in [6, 6.07) is 0.300. The molecule has 2 aliphatic rings. The SMILES string of the molecule is CC(CN1CCCC1)NC(=O)C1CCCCCN1. The lowest BCUT2D eigenvalue weighted by Crippen LogP contribution is -2.49. The Bertz CT molecular complexity index is 256. The summed E-state index contributed by atoms with van der Waals surface area (Å²) >= 11 is 0. The third kappa shape index (κ3) is 4.25. The topological polar surface area (TPSA) is 44.4 Å². The molecular formula is C14H27N3O. The first-order valence-electron chi connectivity index (χ1n) is 7.52. The van der Waals surface area contributed by atoms with E-state index in [0.717, 1.165) is 19.5 Å². The molecule has 0 bridgehead atoms. The van der Waals surface area contributed by atoms with Crippen molar-refractivity contribution >= 4 is 5.91 Å². The van der Waals surface area contributed by atoms with E-state index in [9.17, 15) is 4.79 Å². The standard InChI is InChI=1S/C14H27N3O/c1-12(11-17-9-5-6-10-17)16-14(18)13-7-3-2-4-8-15-13/h12-13,15H,2-11H2,1H3,(H,16,18). The van der Waals surface area contributed by atoms with Crippen LogP contribution in [-0.2, 0) is 4.79 Å². The molecule has 0 saturated carbocycles. The van der Waals surface area contributed by atoms with Gasteiger partial charge in [0.1, 0.15) is 0 Å². The predicted molar refractivity (Wildman–Crippen MR) is 73.5 cm³/mol. The van der Waals surface area contributed by atoms with Crippen molar-refractivity contribution in [1.29, 1.82) is 0 Å². The minimum Gasteiger partial charge on any atom is -0.351 e. The second-order valence-electron chi connectivity index (χ2n) is 5.77. The molecule has 2 fully saturated rings. The van der Waals surface area contributed by atoms with Gasteiger partial charge in [-0.25, -0.2) is 0 Å². The van der Waals surface area contributed by atoms with Gasteiger partial charge in [0.05, 0.1) is 6.04 Å². The minimum absolute atomic E-state index is 0.0357. The maximum atomic E-state index is 12.1. The number of hydrogen-bond acceptors (Lipinski definition) is 3. The molecule has 2 heterocycles. The Hall–Kier alpha value is -0.610. The van der Waals surface area contributed by atoms with Crippen LogP contribution in [0.3, 0.4) is 0 Å². The highest BCUT2D eigenvalue weighted by Gasteiger charge is 2.22. The van der Waals surface area contributed by atoms with E-state index in [4.69, 9.17) is 0 Å². The zero-order chi connectivity index (χ0) is 12.8. The third-order valence-corrected chi connectivity index (χ3v) is 4.00. The summed E-state index contributed by atoms with van der Waals surface area (Å²) in [6.45, 7) is 6.49. The number of rotatable bonds is 4. The molecule has 0 radical (unpaired) electrons. The fraction of sp³-hybridized carbons (Fsp3) is 0.929. The fourth-order valence-corrected chi connectivity index (χ4v) is 2.99. The van der Waals surface area contributed by atoms with Crippen molar-refractivity contribution in [2.45, 2.75) is 57.5 Å². The summed E-state index contributed by atoms with van der Waals surface area (Å²) in [5, 5.41) is 6.52. The maximum absolute atomic E-state index is 12.1. The van der Waals surface area contributed by atoms with Gasteiger partial charge in [-0.1, -0.05) is 12.8 Å². The van der Waals surface area contributed by atoms with Crippen LogP contribution in [0.1, 0.15) is 45.4 Å². The van der Waals surface area contributed by atoms with E-state index in [1.807, 2.05) is 0 Å². The molecule has 104 valence electrons. The van der Waals surface area contributed by atoms with E-state index in [2.05, 4.69) is 22.5 Å². The third-order valence-electron chi connectivity index (χ3n) is 4.00. The lowest BCUT2D eigenvalue weighted by Gasteiger charge is -2.23. The number of carbonyl (C=O) groups excluding carboxylic acids is 1. The summed E-state index contributed by atoms with van der Waals surface area (Å²) in [6.07, 6.45) is 7.23. The first-order chi connectivity index (χ1) is 8.75. The van der Waals surface area contributed by atoms with Gasteiger partial charge < -0.3 is 15.5 Å². The zero-order valence-corrected chi connectivity index (χ0v) is 11.6. The van der Waals surface area contributed by atoms with Crippen LogP contribution < -0.4 is 10.6 Å². The molecular weight excluding hydrogens is 226 g/mol. The van der Waals surface area contributed by atoms with Crippen LogP contribution in [0.5, 0.6) is 0 Å². The maximum Gasteiger partial charge on any atom is 0.237 e. The van der Waals surface area contributed by atoms with E-state index < -0.39 is 0 Å². The Labute approximate surface area is 110 Å². The number of hydrogen-bond donors (Lipinski definition) is 2.